The van der Waals surface area contributed by atoms with Crippen LogP contribution in [0, 0.1) is 5.92 Å². The number of aliphatic hydroxyl groups excluding tert-OH is 1. The molecule has 2 N–H and O–H groups in total. The lowest BCUT2D eigenvalue weighted by Gasteiger charge is -2.14. The van der Waals surface area contributed by atoms with Crippen molar-refractivity contribution in [1.82, 2.24) is 9.88 Å². The molecule has 2 rings (SSSR count). The van der Waals surface area contributed by atoms with Gasteiger partial charge in [0.05, 0.1) is 6.10 Å². The Bertz CT molecular complexity index is 559. The van der Waals surface area contributed by atoms with Gasteiger partial charge in [0.1, 0.15) is 0 Å². The van der Waals surface area contributed by atoms with Gasteiger partial charge in [-0.2, -0.15) is 0 Å². The second-order valence-corrected chi connectivity index (χ2v) is 5.49. The zero-order valence-corrected chi connectivity index (χ0v) is 12.5. The molecular formula is C17H22N2O2. The summed E-state index contributed by atoms with van der Waals surface area (Å²) in [6.45, 7) is 4.41. The molecule has 2 aromatic rings. The molecule has 112 valence electrons. The number of aromatic nitrogens is 1. The second kappa shape index (κ2) is 7.09. The fraction of sp³-hybridized carbons (Fsp3) is 0.353. The Morgan fingerprint density at radius 1 is 1.19 bits per heavy atom. The van der Waals surface area contributed by atoms with E-state index in [4.69, 9.17) is 0 Å². The maximum Gasteiger partial charge on any atom is 0.251 e. The maximum atomic E-state index is 12.0. The van der Waals surface area contributed by atoms with Gasteiger partial charge in [0.2, 0.25) is 0 Å². The summed E-state index contributed by atoms with van der Waals surface area (Å²) in [5, 5.41) is 12.5. The summed E-state index contributed by atoms with van der Waals surface area (Å²) in [7, 11) is 0. The summed E-state index contributed by atoms with van der Waals surface area (Å²) in [5.74, 6) is 0.104. The molecule has 0 bridgehead atoms. The first-order chi connectivity index (χ1) is 10.1. The second-order valence-electron chi connectivity index (χ2n) is 5.49. The summed E-state index contributed by atoms with van der Waals surface area (Å²) in [5.41, 5.74) is 1.65. The quantitative estimate of drug-likeness (QED) is 0.857. The van der Waals surface area contributed by atoms with E-state index in [-0.39, 0.29) is 17.9 Å². The molecule has 0 saturated carbocycles. The minimum absolute atomic E-state index is 0.106. The van der Waals surface area contributed by atoms with Crippen LogP contribution in [-0.4, -0.2) is 28.2 Å². The van der Waals surface area contributed by atoms with Crippen molar-refractivity contribution < 1.29 is 9.90 Å². The van der Waals surface area contributed by atoms with E-state index in [9.17, 15) is 9.90 Å². The summed E-state index contributed by atoms with van der Waals surface area (Å²) in [6.07, 6.45) is 4.12. The maximum absolute atomic E-state index is 12.0. The third kappa shape index (κ3) is 4.20. The van der Waals surface area contributed by atoms with Crippen molar-refractivity contribution in [2.45, 2.75) is 26.4 Å². The number of nitrogens with one attached hydrogen (secondary N) is 1. The number of nitrogens with zero attached hydrogens (tertiary/aromatic N) is 1. The lowest BCUT2D eigenvalue weighted by atomic mass is 10.0. The minimum atomic E-state index is -0.374. The van der Waals surface area contributed by atoms with Gasteiger partial charge in [0.15, 0.2) is 0 Å². The lowest BCUT2D eigenvalue weighted by Crippen LogP contribution is -2.28. The van der Waals surface area contributed by atoms with Crippen LogP contribution >= 0.6 is 0 Å². The smallest absolute Gasteiger partial charge is 0.251 e. The van der Waals surface area contributed by atoms with Crippen molar-refractivity contribution in [3.8, 4) is 5.69 Å². The van der Waals surface area contributed by atoms with E-state index in [1.165, 1.54) is 0 Å². The van der Waals surface area contributed by atoms with Crippen molar-refractivity contribution in [3.05, 3.63) is 54.4 Å². The third-order valence-electron chi connectivity index (χ3n) is 3.53. The molecule has 0 aliphatic heterocycles. The monoisotopic (exact) mass is 286 g/mol. The Kier molecular flexibility index (Phi) is 5.17. The minimum Gasteiger partial charge on any atom is -0.393 e. The van der Waals surface area contributed by atoms with Crippen LogP contribution in [0.15, 0.2) is 48.8 Å². The lowest BCUT2D eigenvalue weighted by molar-refractivity contribution is 0.0920. The number of rotatable bonds is 6. The summed E-state index contributed by atoms with van der Waals surface area (Å²) >= 11 is 0. The van der Waals surface area contributed by atoms with Crippen LogP contribution < -0.4 is 5.32 Å². The van der Waals surface area contributed by atoms with Gasteiger partial charge in [0, 0.05) is 30.2 Å². The molecule has 21 heavy (non-hydrogen) atoms. The molecule has 1 aromatic carbocycles. The van der Waals surface area contributed by atoms with Crippen LogP contribution in [0.1, 0.15) is 30.6 Å². The van der Waals surface area contributed by atoms with Gasteiger partial charge in [-0.15, -0.1) is 0 Å². The Hall–Kier alpha value is -2.07. The summed E-state index contributed by atoms with van der Waals surface area (Å²) < 4.78 is 1.99. The SMILES string of the molecule is CC(C)C(O)CCNC(=O)c1ccc(-n2cccc2)cc1. The largest absolute Gasteiger partial charge is 0.393 e. The highest BCUT2D eigenvalue weighted by atomic mass is 16.3. The Labute approximate surface area is 125 Å². The summed E-state index contributed by atoms with van der Waals surface area (Å²) in [4.78, 5) is 12.0. The molecule has 0 spiro atoms. The highest BCUT2D eigenvalue weighted by Crippen LogP contribution is 2.10. The molecule has 0 aliphatic rings. The number of aliphatic hydroxyl groups is 1. The number of hydrogen-bond acceptors (Lipinski definition) is 2. The van der Waals surface area contributed by atoms with Crippen molar-refractivity contribution in [1.29, 1.82) is 0 Å². The molecular weight excluding hydrogens is 264 g/mol. The molecule has 0 radical (unpaired) electrons. The van der Waals surface area contributed by atoms with E-state index in [0.29, 0.717) is 18.5 Å². The van der Waals surface area contributed by atoms with Crippen molar-refractivity contribution in [2.75, 3.05) is 6.54 Å². The first-order valence-electron chi connectivity index (χ1n) is 7.27. The van der Waals surface area contributed by atoms with E-state index in [0.717, 1.165) is 5.69 Å². The number of amides is 1. The highest BCUT2D eigenvalue weighted by Gasteiger charge is 2.10. The number of carbonyl (C=O) groups is 1. The molecule has 1 aromatic heterocycles. The van der Waals surface area contributed by atoms with Crippen LogP contribution in [0.5, 0.6) is 0 Å². The third-order valence-corrected chi connectivity index (χ3v) is 3.53. The number of carbonyl (C=O) groups excluding carboxylic acids is 1. The van der Waals surface area contributed by atoms with Crippen LogP contribution in [0.4, 0.5) is 0 Å². The van der Waals surface area contributed by atoms with Crippen molar-refractivity contribution in [3.63, 3.8) is 0 Å². The van der Waals surface area contributed by atoms with Gasteiger partial charge in [0.25, 0.3) is 5.91 Å². The molecule has 1 amide bonds. The molecule has 0 fully saturated rings. The van der Waals surface area contributed by atoms with E-state index in [2.05, 4.69) is 5.32 Å². The topological polar surface area (TPSA) is 54.3 Å². The molecule has 0 aliphatic carbocycles. The average Bonchev–Trinajstić information content (AvgIpc) is 3.01. The van der Waals surface area contributed by atoms with Gasteiger partial charge in [-0.3, -0.25) is 4.79 Å². The normalized spacial score (nSPS) is 12.4. The molecule has 4 heteroatoms. The Morgan fingerprint density at radius 2 is 1.81 bits per heavy atom. The van der Waals surface area contributed by atoms with Crippen LogP contribution in [-0.2, 0) is 0 Å². The summed E-state index contributed by atoms with van der Waals surface area (Å²) in [6, 6.07) is 11.4. The average molecular weight is 286 g/mol. The standard InChI is InChI=1S/C17H22N2O2/c1-13(2)16(20)9-10-18-17(21)14-5-7-15(8-6-14)19-11-3-4-12-19/h3-8,11-13,16,20H,9-10H2,1-2H3,(H,18,21). The van der Waals surface area contributed by atoms with Crippen molar-refractivity contribution in [2.24, 2.45) is 5.92 Å². The van der Waals surface area contributed by atoms with E-state index < -0.39 is 0 Å². The predicted octanol–water partition coefficient (Wildman–Crippen LogP) is 2.61. The van der Waals surface area contributed by atoms with Gasteiger partial charge in [-0.05, 0) is 48.7 Å². The Balaban J connectivity index is 1.88. The Morgan fingerprint density at radius 3 is 2.38 bits per heavy atom. The zero-order valence-electron chi connectivity index (χ0n) is 12.5. The molecule has 4 nitrogen and oxygen atoms in total. The van der Waals surface area contributed by atoms with Gasteiger partial charge in [-0.1, -0.05) is 13.8 Å². The van der Waals surface area contributed by atoms with E-state index >= 15 is 0 Å². The van der Waals surface area contributed by atoms with Crippen LogP contribution in [0.3, 0.4) is 0 Å². The fourth-order valence-electron chi connectivity index (χ4n) is 2.06. The van der Waals surface area contributed by atoms with Crippen LogP contribution in [0.2, 0.25) is 0 Å². The van der Waals surface area contributed by atoms with Gasteiger partial charge >= 0.3 is 0 Å². The van der Waals surface area contributed by atoms with E-state index in [1.54, 1.807) is 0 Å². The van der Waals surface area contributed by atoms with Gasteiger partial charge in [-0.25, -0.2) is 0 Å². The van der Waals surface area contributed by atoms with E-state index in [1.807, 2.05) is 67.2 Å². The number of benzene rings is 1. The predicted molar refractivity (Wildman–Crippen MR) is 83.6 cm³/mol. The highest BCUT2D eigenvalue weighted by molar-refractivity contribution is 5.94. The first kappa shape index (κ1) is 15.3. The fourth-order valence-corrected chi connectivity index (χ4v) is 2.06. The van der Waals surface area contributed by atoms with Crippen LogP contribution in [0.25, 0.3) is 5.69 Å². The first-order valence-corrected chi connectivity index (χ1v) is 7.27. The van der Waals surface area contributed by atoms with Crippen molar-refractivity contribution >= 4 is 5.91 Å². The molecule has 0 saturated heterocycles. The molecule has 1 heterocycles. The van der Waals surface area contributed by atoms with Gasteiger partial charge < -0.3 is 15.0 Å². The molecule has 1 unspecified atom stereocenters. The molecule has 1 atom stereocenters. The number of hydrogen-bond donors (Lipinski definition) is 2. The zero-order chi connectivity index (χ0) is 15.2.